The second kappa shape index (κ2) is 8.11. The Balaban J connectivity index is 0.00000121. The lowest BCUT2D eigenvalue weighted by Gasteiger charge is -2.34. The maximum Gasteiger partial charge on any atom is 0.258 e. The molecule has 1 fully saturated rings. The predicted molar refractivity (Wildman–Crippen MR) is 90.6 cm³/mol. The SMILES string of the molecule is Cl.Cl.Cn1cc([C@@H](C(F)F)N2CCNCC2)c2ccccc21. The maximum absolute atomic E-state index is 13.6. The minimum Gasteiger partial charge on any atom is -0.350 e. The number of benzene rings is 1. The fourth-order valence-corrected chi connectivity index (χ4v) is 3.06. The maximum atomic E-state index is 13.6. The molecule has 1 saturated heterocycles. The van der Waals surface area contributed by atoms with Crippen LogP contribution in [0.2, 0.25) is 0 Å². The number of piperazine rings is 1. The van der Waals surface area contributed by atoms with Gasteiger partial charge in [0, 0.05) is 55.9 Å². The van der Waals surface area contributed by atoms with Crippen molar-refractivity contribution in [3.05, 3.63) is 36.0 Å². The molecule has 0 amide bonds. The molecule has 3 nitrogen and oxygen atoms in total. The van der Waals surface area contributed by atoms with Crippen molar-refractivity contribution >= 4 is 35.7 Å². The average Bonchev–Trinajstić information content (AvgIpc) is 2.78. The van der Waals surface area contributed by atoms with Crippen molar-refractivity contribution in [3.63, 3.8) is 0 Å². The van der Waals surface area contributed by atoms with Crippen LogP contribution in [0, 0.1) is 0 Å². The fraction of sp³-hybridized carbons (Fsp3) is 0.467. The lowest BCUT2D eigenvalue weighted by Crippen LogP contribution is -2.46. The normalized spacial score (nSPS) is 17.1. The number of alkyl halides is 2. The molecule has 0 bridgehead atoms. The molecule has 1 aromatic heterocycles. The molecule has 0 spiro atoms. The number of aryl methyl sites for hydroxylation is 1. The second-order valence-corrected chi connectivity index (χ2v) is 5.28. The van der Waals surface area contributed by atoms with E-state index >= 15 is 0 Å². The van der Waals surface area contributed by atoms with Crippen molar-refractivity contribution < 1.29 is 8.78 Å². The van der Waals surface area contributed by atoms with Crippen molar-refractivity contribution in [3.8, 4) is 0 Å². The Morgan fingerprint density at radius 2 is 1.73 bits per heavy atom. The molecule has 1 aliphatic heterocycles. The number of fused-ring (bicyclic) bond motifs is 1. The van der Waals surface area contributed by atoms with Gasteiger partial charge in [-0.2, -0.15) is 0 Å². The van der Waals surface area contributed by atoms with Gasteiger partial charge >= 0.3 is 0 Å². The first-order valence-electron chi connectivity index (χ1n) is 6.95. The van der Waals surface area contributed by atoms with Gasteiger partial charge in [-0.25, -0.2) is 8.78 Å². The van der Waals surface area contributed by atoms with E-state index in [1.54, 1.807) is 0 Å². The lowest BCUT2D eigenvalue weighted by molar-refractivity contribution is 0.0188. The number of nitrogens with one attached hydrogen (secondary N) is 1. The van der Waals surface area contributed by atoms with Crippen LogP contribution in [0.3, 0.4) is 0 Å². The molecule has 124 valence electrons. The molecule has 22 heavy (non-hydrogen) atoms. The zero-order chi connectivity index (χ0) is 14.1. The number of rotatable bonds is 3. The molecular weight excluding hydrogens is 331 g/mol. The Bertz CT molecular complexity index is 597. The van der Waals surface area contributed by atoms with Crippen LogP contribution < -0.4 is 5.32 Å². The molecule has 7 heteroatoms. The largest absolute Gasteiger partial charge is 0.350 e. The van der Waals surface area contributed by atoms with E-state index in [0.717, 1.165) is 29.6 Å². The van der Waals surface area contributed by atoms with Crippen LogP contribution in [-0.4, -0.2) is 42.1 Å². The highest BCUT2D eigenvalue weighted by Crippen LogP contribution is 2.33. The average molecular weight is 352 g/mol. The van der Waals surface area contributed by atoms with E-state index in [1.807, 2.05) is 47.0 Å². The summed E-state index contributed by atoms with van der Waals surface area (Å²) in [6.07, 6.45) is -0.525. The van der Waals surface area contributed by atoms with Crippen LogP contribution in [-0.2, 0) is 7.05 Å². The second-order valence-electron chi connectivity index (χ2n) is 5.28. The van der Waals surface area contributed by atoms with Gasteiger partial charge in [-0.3, -0.25) is 4.90 Å². The summed E-state index contributed by atoms with van der Waals surface area (Å²) >= 11 is 0. The molecule has 1 atom stereocenters. The molecule has 1 N–H and O–H groups in total. The quantitative estimate of drug-likeness (QED) is 0.915. The van der Waals surface area contributed by atoms with Crippen LogP contribution in [0.15, 0.2) is 30.5 Å². The van der Waals surface area contributed by atoms with E-state index in [0.29, 0.717) is 13.1 Å². The third-order valence-electron chi connectivity index (χ3n) is 4.03. The molecule has 0 saturated carbocycles. The summed E-state index contributed by atoms with van der Waals surface area (Å²) in [5, 5.41) is 4.14. The van der Waals surface area contributed by atoms with E-state index in [9.17, 15) is 8.78 Å². The van der Waals surface area contributed by atoms with Crippen molar-refractivity contribution in [1.82, 2.24) is 14.8 Å². The summed E-state index contributed by atoms with van der Waals surface area (Å²) in [5.41, 5.74) is 1.74. The van der Waals surface area contributed by atoms with Crippen LogP contribution in [0.4, 0.5) is 8.78 Å². The minimum absolute atomic E-state index is 0. The van der Waals surface area contributed by atoms with Gasteiger partial charge in [-0.05, 0) is 6.07 Å². The highest BCUT2D eigenvalue weighted by atomic mass is 35.5. The Hall–Kier alpha value is -0.880. The zero-order valence-electron chi connectivity index (χ0n) is 12.3. The van der Waals surface area contributed by atoms with Gasteiger partial charge in [-0.1, -0.05) is 18.2 Å². The smallest absolute Gasteiger partial charge is 0.258 e. The first kappa shape index (κ1) is 19.2. The number of aromatic nitrogens is 1. The summed E-state index contributed by atoms with van der Waals surface area (Å²) in [5.74, 6) is 0. The highest BCUT2D eigenvalue weighted by Gasteiger charge is 2.32. The Kier molecular flexibility index (Phi) is 7.06. The van der Waals surface area contributed by atoms with Crippen molar-refractivity contribution in [1.29, 1.82) is 0 Å². The van der Waals surface area contributed by atoms with Crippen molar-refractivity contribution in [2.75, 3.05) is 26.2 Å². The first-order valence-corrected chi connectivity index (χ1v) is 6.95. The number of halogens is 4. The number of hydrogen-bond acceptors (Lipinski definition) is 2. The fourth-order valence-electron chi connectivity index (χ4n) is 3.06. The van der Waals surface area contributed by atoms with Gasteiger partial charge in [0.1, 0.15) is 0 Å². The van der Waals surface area contributed by atoms with Gasteiger partial charge in [0.25, 0.3) is 6.43 Å². The molecular formula is C15H21Cl2F2N3. The van der Waals surface area contributed by atoms with Crippen LogP contribution in [0.25, 0.3) is 10.9 Å². The zero-order valence-corrected chi connectivity index (χ0v) is 14.0. The standard InChI is InChI=1S/C15H19F2N3.2ClH/c1-19-10-12(11-4-2-3-5-13(11)19)14(15(16)17)20-8-6-18-7-9-20;;/h2-5,10,14-15,18H,6-9H2,1H3;2*1H/t14-;;/m0../s1. The Labute approximate surface area is 141 Å². The van der Waals surface area contributed by atoms with E-state index < -0.39 is 12.5 Å². The van der Waals surface area contributed by atoms with Gasteiger partial charge in [0.15, 0.2) is 0 Å². The molecule has 1 aromatic carbocycles. The van der Waals surface area contributed by atoms with E-state index in [2.05, 4.69) is 5.32 Å². The van der Waals surface area contributed by atoms with E-state index in [-0.39, 0.29) is 24.8 Å². The predicted octanol–water partition coefficient (Wildman–Crippen LogP) is 3.23. The third-order valence-corrected chi connectivity index (χ3v) is 4.03. The summed E-state index contributed by atoms with van der Waals surface area (Å²) in [6.45, 7) is 2.87. The van der Waals surface area contributed by atoms with Crippen LogP contribution >= 0.6 is 24.8 Å². The first-order chi connectivity index (χ1) is 9.68. The Morgan fingerprint density at radius 3 is 2.36 bits per heavy atom. The van der Waals surface area contributed by atoms with E-state index in [4.69, 9.17) is 0 Å². The van der Waals surface area contributed by atoms with Gasteiger partial charge in [0.05, 0.1) is 6.04 Å². The van der Waals surface area contributed by atoms with E-state index in [1.165, 1.54) is 0 Å². The number of para-hydroxylation sites is 1. The number of hydrogen-bond donors (Lipinski definition) is 1. The molecule has 0 aliphatic carbocycles. The van der Waals surface area contributed by atoms with Gasteiger partial charge in [0.2, 0.25) is 0 Å². The van der Waals surface area contributed by atoms with Gasteiger partial charge in [-0.15, -0.1) is 24.8 Å². The molecule has 0 unspecified atom stereocenters. The van der Waals surface area contributed by atoms with Crippen LogP contribution in [0.1, 0.15) is 11.6 Å². The lowest BCUT2D eigenvalue weighted by atomic mass is 10.0. The summed E-state index contributed by atoms with van der Waals surface area (Å²) < 4.78 is 29.2. The van der Waals surface area contributed by atoms with Crippen molar-refractivity contribution in [2.45, 2.75) is 12.5 Å². The monoisotopic (exact) mass is 351 g/mol. The molecule has 2 heterocycles. The minimum atomic E-state index is -2.38. The van der Waals surface area contributed by atoms with Crippen molar-refractivity contribution in [2.24, 2.45) is 7.05 Å². The van der Waals surface area contributed by atoms with Gasteiger partial charge < -0.3 is 9.88 Å². The topological polar surface area (TPSA) is 20.2 Å². The summed E-state index contributed by atoms with van der Waals surface area (Å²) in [6, 6.07) is 6.94. The molecule has 0 radical (unpaired) electrons. The summed E-state index contributed by atoms with van der Waals surface area (Å²) in [7, 11) is 1.91. The van der Waals surface area contributed by atoms with Crippen LogP contribution in [0.5, 0.6) is 0 Å². The molecule has 1 aliphatic rings. The molecule has 2 aromatic rings. The number of nitrogens with zero attached hydrogens (tertiary/aromatic N) is 2. The molecule has 3 rings (SSSR count). The summed E-state index contributed by atoms with van der Waals surface area (Å²) in [4.78, 5) is 1.89. The highest BCUT2D eigenvalue weighted by molar-refractivity contribution is 5.86. The Morgan fingerprint density at radius 1 is 1.09 bits per heavy atom. The third kappa shape index (κ3) is 3.54.